The number of aryl methyl sites for hydroxylation is 1. The summed E-state index contributed by atoms with van der Waals surface area (Å²) in [6, 6.07) is 5.69. The van der Waals surface area contributed by atoms with Gasteiger partial charge < -0.3 is 4.74 Å². The highest BCUT2D eigenvalue weighted by molar-refractivity contribution is 9.10. The fourth-order valence-corrected chi connectivity index (χ4v) is 2.02. The van der Waals surface area contributed by atoms with E-state index in [0.717, 1.165) is 6.42 Å². The molecule has 6 heteroatoms. The Labute approximate surface area is 123 Å². The van der Waals surface area contributed by atoms with Gasteiger partial charge in [-0.3, -0.25) is 0 Å². The van der Waals surface area contributed by atoms with Gasteiger partial charge in [-0.2, -0.15) is 4.98 Å². The van der Waals surface area contributed by atoms with E-state index in [-0.39, 0.29) is 5.82 Å². The van der Waals surface area contributed by atoms with Crippen LogP contribution in [-0.4, -0.2) is 9.97 Å². The Morgan fingerprint density at radius 1 is 1.32 bits per heavy atom. The number of hydrogen-bond donors (Lipinski definition) is 0. The summed E-state index contributed by atoms with van der Waals surface area (Å²) >= 11 is 9.19. The number of rotatable bonds is 4. The van der Waals surface area contributed by atoms with Crippen LogP contribution in [0.2, 0.25) is 5.15 Å². The molecule has 0 aliphatic rings. The molecule has 0 aliphatic carbocycles. The summed E-state index contributed by atoms with van der Waals surface area (Å²) in [5, 5.41) is 0.306. The first-order chi connectivity index (χ1) is 9.08. The first-order valence-corrected chi connectivity index (χ1v) is 6.92. The Balaban J connectivity index is 2.29. The molecule has 0 saturated carbocycles. The Morgan fingerprint density at radius 2 is 2.11 bits per heavy atom. The smallest absolute Gasteiger partial charge is 0.224 e. The first-order valence-electron chi connectivity index (χ1n) is 5.75. The monoisotopic (exact) mass is 344 g/mol. The summed E-state index contributed by atoms with van der Waals surface area (Å²) in [6.45, 7) is 2.02. The molecular weight excluding hydrogens is 335 g/mol. The zero-order chi connectivity index (χ0) is 13.8. The van der Waals surface area contributed by atoms with Crippen molar-refractivity contribution in [3.8, 4) is 11.6 Å². The normalized spacial score (nSPS) is 10.5. The largest absolute Gasteiger partial charge is 0.438 e. The van der Waals surface area contributed by atoms with Crippen LogP contribution in [0.3, 0.4) is 0 Å². The minimum absolute atomic E-state index is 0.301. The van der Waals surface area contributed by atoms with Gasteiger partial charge in [0.1, 0.15) is 22.5 Å². The van der Waals surface area contributed by atoms with Crippen molar-refractivity contribution in [3.05, 3.63) is 45.5 Å². The SMILES string of the molecule is CCCc1nc(Cl)cc(Oc2cc(F)ccc2Br)n1. The third kappa shape index (κ3) is 3.88. The van der Waals surface area contributed by atoms with Crippen LogP contribution >= 0.6 is 27.5 Å². The Hall–Kier alpha value is -1.20. The van der Waals surface area contributed by atoms with Crippen molar-refractivity contribution in [2.45, 2.75) is 19.8 Å². The zero-order valence-corrected chi connectivity index (χ0v) is 12.5. The lowest BCUT2D eigenvalue weighted by Crippen LogP contribution is -1.98. The van der Waals surface area contributed by atoms with Gasteiger partial charge in [0.15, 0.2) is 0 Å². The molecule has 0 bridgehead atoms. The van der Waals surface area contributed by atoms with E-state index in [9.17, 15) is 4.39 Å². The molecule has 100 valence electrons. The van der Waals surface area contributed by atoms with Gasteiger partial charge in [-0.25, -0.2) is 9.37 Å². The average molecular weight is 346 g/mol. The minimum Gasteiger partial charge on any atom is -0.438 e. The van der Waals surface area contributed by atoms with Crippen molar-refractivity contribution < 1.29 is 9.13 Å². The molecule has 3 nitrogen and oxygen atoms in total. The van der Waals surface area contributed by atoms with E-state index in [1.807, 2.05) is 6.92 Å². The molecule has 0 N–H and O–H groups in total. The van der Waals surface area contributed by atoms with Crippen LogP contribution in [0.15, 0.2) is 28.7 Å². The second-order valence-corrected chi connectivity index (χ2v) is 5.11. The predicted molar refractivity (Wildman–Crippen MR) is 75.2 cm³/mol. The van der Waals surface area contributed by atoms with Crippen LogP contribution in [-0.2, 0) is 6.42 Å². The highest BCUT2D eigenvalue weighted by Gasteiger charge is 2.08. The molecule has 19 heavy (non-hydrogen) atoms. The molecule has 1 aromatic heterocycles. The molecular formula is C13H11BrClFN2O. The summed E-state index contributed by atoms with van der Waals surface area (Å²) in [5.41, 5.74) is 0. The predicted octanol–water partition coefficient (Wildman–Crippen LogP) is 4.78. The first kappa shape index (κ1) is 14.2. The summed E-state index contributed by atoms with van der Waals surface area (Å²) in [4.78, 5) is 8.32. The van der Waals surface area contributed by atoms with E-state index in [0.29, 0.717) is 33.5 Å². The van der Waals surface area contributed by atoms with Gasteiger partial charge in [-0.15, -0.1) is 0 Å². The molecule has 0 unspecified atom stereocenters. The third-order valence-electron chi connectivity index (χ3n) is 2.30. The third-order valence-corrected chi connectivity index (χ3v) is 3.15. The Bertz CT molecular complexity index is 595. The van der Waals surface area contributed by atoms with E-state index in [4.69, 9.17) is 16.3 Å². The van der Waals surface area contributed by atoms with E-state index >= 15 is 0 Å². The van der Waals surface area contributed by atoms with Crippen molar-refractivity contribution in [1.29, 1.82) is 0 Å². The van der Waals surface area contributed by atoms with E-state index in [1.165, 1.54) is 18.2 Å². The second-order valence-electron chi connectivity index (χ2n) is 3.87. The number of aromatic nitrogens is 2. The molecule has 0 aliphatic heterocycles. The maximum absolute atomic E-state index is 13.2. The van der Waals surface area contributed by atoms with E-state index < -0.39 is 0 Å². The van der Waals surface area contributed by atoms with Crippen LogP contribution in [0.25, 0.3) is 0 Å². The summed E-state index contributed by atoms with van der Waals surface area (Å²) in [7, 11) is 0. The molecule has 1 aromatic carbocycles. The van der Waals surface area contributed by atoms with Crippen LogP contribution in [0.4, 0.5) is 4.39 Å². The van der Waals surface area contributed by atoms with Crippen molar-refractivity contribution in [2.24, 2.45) is 0 Å². The fraction of sp³-hybridized carbons (Fsp3) is 0.231. The number of hydrogen-bond acceptors (Lipinski definition) is 3. The quantitative estimate of drug-likeness (QED) is 0.748. The molecule has 0 spiro atoms. The van der Waals surface area contributed by atoms with Gasteiger partial charge in [0.05, 0.1) is 4.47 Å². The van der Waals surface area contributed by atoms with Crippen molar-refractivity contribution in [1.82, 2.24) is 9.97 Å². The van der Waals surface area contributed by atoms with Crippen LogP contribution in [0, 0.1) is 5.82 Å². The minimum atomic E-state index is -0.382. The summed E-state index contributed by atoms with van der Waals surface area (Å²) in [6.07, 6.45) is 1.62. The van der Waals surface area contributed by atoms with Crippen LogP contribution < -0.4 is 4.74 Å². The fourth-order valence-electron chi connectivity index (χ4n) is 1.50. The summed E-state index contributed by atoms with van der Waals surface area (Å²) < 4.78 is 19.3. The lowest BCUT2D eigenvalue weighted by Gasteiger charge is -2.08. The summed E-state index contributed by atoms with van der Waals surface area (Å²) in [5.74, 6) is 0.872. The molecule has 0 saturated heterocycles. The highest BCUT2D eigenvalue weighted by atomic mass is 79.9. The maximum atomic E-state index is 13.2. The Kier molecular flexibility index (Phi) is 4.71. The zero-order valence-electron chi connectivity index (χ0n) is 10.2. The topological polar surface area (TPSA) is 35.0 Å². The average Bonchev–Trinajstić information content (AvgIpc) is 2.33. The molecule has 0 atom stereocenters. The van der Waals surface area contributed by atoms with Gasteiger partial charge in [0, 0.05) is 18.6 Å². The molecule has 0 radical (unpaired) electrons. The molecule has 2 rings (SSSR count). The molecule has 0 fully saturated rings. The molecule has 2 aromatic rings. The van der Waals surface area contributed by atoms with Gasteiger partial charge in [-0.05, 0) is 34.5 Å². The van der Waals surface area contributed by atoms with Gasteiger partial charge in [-0.1, -0.05) is 18.5 Å². The molecule has 0 amide bonds. The van der Waals surface area contributed by atoms with Crippen LogP contribution in [0.1, 0.15) is 19.2 Å². The van der Waals surface area contributed by atoms with Crippen LogP contribution in [0.5, 0.6) is 11.6 Å². The number of nitrogens with zero attached hydrogens (tertiary/aromatic N) is 2. The van der Waals surface area contributed by atoms with Gasteiger partial charge in [0.2, 0.25) is 5.88 Å². The number of halogens is 3. The van der Waals surface area contributed by atoms with Crippen molar-refractivity contribution >= 4 is 27.5 Å². The van der Waals surface area contributed by atoms with Gasteiger partial charge in [0.25, 0.3) is 0 Å². The highest BCUT2D eigenvalue weighted by Crippen LogP contribution is 2.30. The van der Waals surface area contributed by atoms with Crippen molar-refractivity contribution in [2.75, 3.05) is 0 Å². The lowest BCUT2D eigenvalue weighted by molar-refractivity contribution is 0.451. The van der Waals surface area contributed by atoms with Gasteiger partial charge >= 0.3 is 0 Å². The Morgan fingerprint density at radius 3 is 2.84 bits per heavy atom. The van der Waals surface area contributed by atoms with Crippen molar-refractivity contribution in [3.63, 3.8) is 0 Å². The lowest BCUT2D eigenvalue weighted by atomic mass is 10.3. The standard InChI is InChI=1S/C13H11BrClFN2O/c1-2-3-12-17-11(15)7-13(18-12)19-10-6-8(16)4-5-9(10)14/h4-7H,2-3H2,1H3. The molecule has 1 heterocycles. The van der Waals surface area contributed by atoms with E-state index in [2.05, 4.69) is 25.9 Å². The number of ether oxygens (including phenoxy) is 1. The number of benzene rings is 1. The maximum Gasteiger partial charge on any atom is 0.224 e. The second kappa shape index (κ2) is 6.30. The van der Waals surface area contributed by atoms with E-state index in [1.54, 1.807) is 6.07 Å².